The lowest BCUT2D eigenvalue weighted by Crippen LogP contribution is -2.32. The van der Waals surface area contributed by atoms with Crippen molar-refractivity contribution in [3.05, 3.63) is 29.8 Å². The summed E-state index contributed by atoms with van der Waals surface area (Å²) in [4.78, 5) is 14.9. The first-order valence-electron chi connectivity index (χ1n) is 6.43. The first kappa shape index (κ1) is 11.4. The summed E-state index contributed by atoms with van der Waals surface area (Å²) in [5, 5.41) is 8.99. The second-order valence-corrected chi connectivity index (χ2v) is 5.45. The van der Waals surface area contributed by atoms with E-state index in [0.717, 1.165) is 13.1 Å². The van der Waals surface area contributed by atoms with Crippen molar-refractivity contribution in [2.75, 3.05) is 31.1 Å². The lowest BCUT2D eigenvalue weighted by Gasteiger charge is -2.22. The number of carbonyl (C=O) groups is 1. The Kier molecular flexibility index (Phi) is 2.65. The zero-order valence-corrected chi connectivity index (χ0v) is 10.5. The van der Waals surface area contributed by atoms with Gasteiger partial charge in [-0.25, -0.2) is 4.79 Å². The standard InChI is InChI=1S/C14H18N2O2/c1-10-2-4-13(5-3-10)15-6-11-8-16(14(17)18)9-12(11)7-15/h2-5,11-12H,6-9H2,1H3,(H,17,18). The number of hydrogen-bond donors (Lipinski definition) is 1. The molecule has 2 aliphatic rings. The van der Waals surface area contributed by atoms with Gasteiger partial charge in [-0.3, -0.25) is 0 Å². The number of hydrogen-bond acceptors (Lipinski definition) is 2. The molecule has 4 nitrogen and oxygen atoms in total. The zero-order chi connectivity index (χ0) is 12.7. The average Bonchev–Trinajstić information content (AvgIpc) is 2.87. The second kappa shape index (κ2) is 4.19. The highest BCUT2D eigenvalue weighted by Gasteiger charge is 2.41. The molecule has 4 heteroatoms. The highest BCUT2D eigenvalue weighted by Crippen LogP contribution is 2.33. The average molecular weight is 246 g/mol. The van der Waals surface area contributed by atoms with Gasteiger partial charge in [0, 0.05) is 43.7 Å². The number of fused-ring (bicyclic) bond motifs is 1. The van der Waals surface area contributed by atoms with E-state index in [1.807, 2.05) is 0 Å². The molecule has 96 valence electrons. The summed E-state index contributed by atoms with van der Waals surface area (Å²) in [6, 6.07) is 8.58. The van der Waals surface area contributed by atoms with Crippen LogP contribution in [0.25, 0.3) is 0 Å². The fourth-order valence-corrected chi connectivity index (χ4v) is 3.12. The number of benzene rings is 1. The third kappa shape index (κ3) is 1.92. The van der Waals surface area contributed by atoms with Gasteiger partial charge in [0.15, 0.2) is 0 Å². The van der Waals surface area contributed by atoms with E-state index in [9.17, 15) is 4.79 Å². The smallest absolute Gasteiger partial charge is 0.407 e. The molecule has 0 bridgehead atoms. The Bertz CT molecular complexity index is 443. The third-order valence-electron chi connectivity index (χ3n) is 4.16. The van der Waals surface area contributed by atoms with Gasteiger partial charge in [0.2, 0.25) is 0 Å². The number of likely N-dealkylation sites (tertiary alicyclic amines) is 1. The molecule has 1 aromatic carbocycles. The maximum Gasteiger partial charge on any atom is 0.407 e. The molecule has 0 radical (unpaired) electrons. The molecular formula is C14H18N2O2. The Morgan fingerprint density at radius 1 is 1.11 bits per heavy atom. The van der Waals surface area contributed by atoms with Crippen molar-refractivity contribution in [2.24, 2.45) is 11.8 Å². The van der Waals surface area contributed by atoms with Crippen molar-refractivity contribution in [2.45, 2.75) is 6.92 Å². The molecule has 18 heavy (non-hydrogen) atoms. The van der Waals surface area contributed by atoms with E-state index in [2.05, 4.69) is 36.1 Å². The Balaban J connectivity index is 1.68. The van der Waals surface area contributed by atoms with Gasteiger partial charge in [-0.2, -0.15) is 0 Å². The molecule has 0 spiro atoms. The van der Waals surface area contributed by atoms with Gasteiger partial charge >= 0.3 is 6.09 Å². The van der Waals surface area contributed by atoms with Crippen molar-refractivity contribution >= 4 is 11.8 Å². The summed E-state index contributed by atoms with van der Waals surface area (Å²) in [5.41, 5.74) is 2.53. The van der Waals surface area contributed by atoms with Crippen molar-refractivity contribution in [1.82, 2.24) is 4.90 Å². The SMILES string of the molecule is Cc1ccc(N2CC3CN(C(=O)O)CC3C2)cc1. The van der Waals surface area contributed by atoms with Gasteiger partial charge < -0.3 is 14.9 Å². The molecular weight excluding hydrogens is 228 g/mol. The predicted octanol–water partition coefficient (Wildman–Crippen LogP) is 2.04. The fourth-order valence-electron chi connectivity index (χ4n) is 3.12. The molecule has 3 rings (SSSR count). The summed E-state index contributed by atoms with van der Waals surface area (Å²) in [7, 11) is 0. The third-order valence-corrected chi connectivity index (χ3v) is 4.16. The van der Waals surface area contributed by atoms with Gasteiger partial charge in [0.05, 0.1) is 0 Å². The van der Waals surface area contributed by atoms with Gasteiger partial charge in [-0.15, -0.1) is 0 Å². The lowest BCUT2D eigenvalue weighted by atomic mass is 10.0. The quantitative estimate of drug-likeness (QED) is 0.824. The molecule has 0 saturated carbocycles. The minimum absolute atomic E-state index is 0.502. The van der Waals surface area contributed by atoms with Gasteiger partial charge in [-0.05, 0) is 19.1 Å². The van der Waals surface area contributed by atoms with E-state index in [1.54, 1.807) is 4.90 Å². The summed E-state index contributed by atoms with van der Waals surface area (Å²) in [6.45, 7) is 5.45. The Labute approximate surface area is 107 Å². The van der Waals surface area contributed by atoms with Crippen LogP contribution in [0, 0.1) is 18.8 Å². The number of amides is 1. The van der Waals surface area contributed by atoms with Crippen LogP contribution in [-0.4, -0.2) is 42.3 Å². The maximum atomic E-state index is 10.9. The van der Waals surface area contributed by atoms with Crippen molar-refractivity contribution in [3.8, 4) is 0 Å². The second-order valence-electron chi connectivity index (χ2n) is 5.45. The number of nitrogens with zero attached hydrogens (tertiary/aromatic N) is 2. The molecule has 2 atom stereocenters. The Morgan fingerprint density at radius 2 is 1.67 bits per heavy atom. The molecule has 2 aliphatic heterocycles. The van der Waals surface area contributed by atoms with E-state index in [0.29, 0.717) is 24.9 Å². The minimum atomic E-state index is -0.772. The number of anilines is 1. The Morgan fingerprint density at radius 3 is 2.17 bits per heavy atom. The molecule has 2 heterocycles. The molecule has 2 unspecified atom stereocenters. The van der Waals surface area contributed by atoms with Crippen LogP contribution in [-0.2, 0) is 0 Å². The molecule has 2 saturated heterocycles. The number of rotatable bonds is 1. The fraction of sp³-hybridized carbons (Fsp3) is 0.500. The van der Waals surface area contributed by atoms with Gasteiger partial charge in [0.1, 0.15) is 0 Å². The minimum Gasteiger partial charge on any atom is -0.465 e. The first-order valence-corrected chi connectivity index (χ1v) is 6.43. The van der Waals surface area contributed by atoms with Crippen molar-refractivity contribution in [1.29, 1.82) is 0 Å². The van der Waals surface area contributed by atoms with Crippen LogP contribution in [0.3, 0.4) is 0 Å². The Hall–Kier alpha value is -1.71. The van der Waals surface area contributed by atoms with Gasteiger partial charge in [0.25, 0.3) is 0 Å². The van der Waals surface area contributed by atoms with E-state index < -0.39 is 6.09 Å². The molecule has 0 aliphatic carbocycles. The largest absolute Gasteiger partial charge is 0.465 e. The topological polar surface area (TPSA) is 43.8 Å². The molecule has 1 amide bonds. The summed E-state index contributed by atoms with van der Waals surface area (Å²) >= 11 is 0. The molecule has 0 aromatic heterocycles. The number of carboxylic acid groups (broad SMARTS) is 1. The van der Waals surface area contributed by atoms with E-state index in [-0.39, 0.29) is 0 Å². The van der Waals surface area contributed by atoms with E-state index in [4.69, 9.17) is 5.11 Å². The van der Waals surface area contributed by atoms with Crippen molar-refractivity contribution in [3.63, 3.8) is 0 Å². The normalized spacial score (nSPS) is 26.5. The zero-order valence-electron chi connectivity index (χ0n) is 10.5. The molecule has 2 fully saturated rings. The van der Waals surface area contributed by atoms with E-state index in [1.165, 1.54) is 11.3 Å². The van der Waals surface area contributed by atoms with Crippen LogP contribution >= 0.6 is 0 Å². The highest BCUT2D eigenvalue weighted by atomic mass is 16.4. The summed E-state index contributed by atoms with van der Waals surface area (Å²) < 4.78 is 0. The lowest BCUT2D eigenvalue weighted by molar-refractivity contribution is 0.153. The van der Waals surface area contributed by atoms with Crippen LogP contribution in [0.1, 0.15) is 5.56 Å². The van der Waals surface area contributed by atoms with E-state index >= 15 is 0 Å². The number of aryl methyl sites for hydroxylation is 1. The van der Waals surface area contributed by atoms with Crippen LogP contribution < -0.4 is 4.90 Å². The van der Waals surface area contributed by atoms with Crippen LogP contribution in [0.15, 0.2) is 24.3 Å². The van der Waals surface area contributed by atoms with Gasteiger partial charge in [-0.1, -0.05) is 17.7 Å². The van der Waals surface area contributed by atoms with Crippen molar-refractivity contribution < 1.29 is 9.90 Å². The molecule has 1 N–H and O–H groups in total. The maximum absolute atomic E-state index is 10.9. The summed E-state index contributed by atoms with van der Waals surface area (Å²) in [6.07, 6.45) is -0.772. The van der Waals surface area contributed by atoms with Crippen LogP contribution in [0.5, 0.6) is 0 Å². The van der Waals surface area contributed by atoms with Crippen LogP contribution in [0.2, 0.25) is 0 Å². The predicted molar refractivity (Wildman–Crippen MR) is 70.0 cm³/mol. The van der Waals surface area contributed by atoms with Crippen LogP contribution in [0.4, 0.5) is 10.5 Å². The monoisotopic (exact) mass is 246 g/mol. The first-order chi connectivity index (χ1) is 8.63. The highest BCUT2D eigenvalue weighted by molar-refractivity contribution is 5.65. The summed E-state index contributed by atoms with van der Waals surface area (Å²) in [5.74, 6) is 1.00. The molecule has 1 aromatic rings.